The van der Waals surface area contributed by atoms with Gasteiger partial charge in [-0.2, -0.15) is 0 Å². The van der Waals surface area contributed by atoms with Crippen LogP contribution in [-0.2, 0) is 35.7 Å². The van der Waals surface area contributed by atoms with E-state index in [2.05, 4.69) is 71.0 Å². The fourth-order valence-corrected chi connectivity index (χ4v) is 3.48. The molecule has 0 amide bonds. The molecule has 3 rings (SSSR count). The van der Waals surface area contributed by atoms with E-state index in [1.807, 2.05) is 0 Å². The molecule has 0 aromatic heterocycles. The van der Waals surface area contributed by atoms with Crippen molar-refractivity contribution in [3.8, 4) is 0 Å². The lowest BCUT2D eigenvalue weighted by Crippen LogP contribution is -2.38. The number of guanidine groups is 1. The molecule has 1 saturated heterocycles. The van der Waals surface area contributed by atoms with Crippen LogP contribution in [0.5, 0.6) is 0 Å². The SMILES string of the molecule is CCNC(=NCc1ccc(COC)cc1)NCc1ccccc1CN1CCOCC1. The van der Waals surface area contributed by atoms with E-state index in [-0.39, 0.29) is 0 Å². The first kappa shape index (κ1) is 22.3. The highest BCUT2D eigenvalue weighted by atomic mass is 16.5. The molecule has 0 spiro atoms. The zero-order chi connectivity index (χ0) is 21.0. The van der Waals surface area contributed by atoms with E-state index in [1.165, 1.54) is 22.3 Å². The zero-order valence-corrected chi connectivity index (χ0v) is 18.2. The van der Waals surface area contributed by atoms with Crippen LogP contribution in [0.1, 0.15) is 29.2 Å². The van der Waals surface area contributed by atoms with Crippen LogP contribution in [-0.4, -0.2) is 50.8 Å². The third-order valence-electron chi connectivity index (χ3n) is 5.16. The fourth-order valence-electron chi connectivity index (χ4n) is 3.48. The maximum atomic E-state index is 5.47. The van der Waals surface area contributed by atoms with Crippen LogP contribution >= 0.6 is 0 Å². The van der Waals surface area contributed by atoms with Gasteiger partial charge in [0.05, 0.1) is 26.4 Å². The quantitative estimate of drug-likeness (QED) is 0.492. The minimum Gasteiger partial charge on any atom is -0.380 e. The minimum absolute atomic E-state index is 0.637. The van der Waals surface area contributed by atoms with Crippen molar-refractivity contribution in [1.82, 2.24) is 15.5 Å². The number of nitrogens with zero attached hydrogens (tertiary/aromatic N) is 2. The molecule has 2 N–H and O–H groups in total. The number of rotatable bonds is 9. The topological polar surface area (TPSA) is 58.1 Å². The van der Waals surface area contributed by atoms with Crippen molar-refractivity contribution in [2.24, 2.45) is 4.99 Å². The molecule has 0 aliphatic carbocycles. The van der Waals surface area contributed by atoms with Gasteiger partial charge in [-0.25, -0.2) is 4.99 Å². The Bertz CT molecular complexity index is 786. The van der Waals surface area contributed by atoms with Gasteiger partial charge >= 0.3 is 0 Å². The molecular weight excluding hydrogens is 376 g/mol. The lowest BCUT2D eigenvalue weighted by molar-refractivity contribution is 0.0341. The molecule has 1 aliphatic rings. The van der Waals surface area contributed by atoms with Gasteiger partial charge in [-0.15, -0.1) is 0 Å². The summed E-state index contributed by atoms with van der Waals surface area (Å²) in [6, 6.07) is 17.0. The second-order valence-corrected chi connectivity index (χ2v) is 7.46. The summed E-state index contributed by atoms with van der Waals surface area (Å²) in [4.78, 5) is 7.21. The molecule has 6 heteroatoms. The average molecular weight is 411 g/mol. The molecule has 1 heterocycles. The van der Waals surface area contributed by atoms with Crippen molar-refractivity contribution in [2.75, 3.05) is 40.0 Å². The molecule has 30 heavy (non-hydrogen) atoms. The summed E-state index contributed by atoms with van der Waals surface area (Å²) < 4.78 is 10.6. The smallest absolute Gasteiger partial charge is 0.191 e. The Hall–Kier alpha value is -2.41. The summed E-state index contributed by atoms with van der Waals surface area (Å²) in [5.74, 6) is 0.833. The number of ether oxygens (including phenoxy) is 2. The predicted molar refractivity (Wildman–Crippen MR) is 121 cm³/mol. The van der Waals surface area contributed by atoms with Crippen LogP contribution in [0.3, 0.4) is 0 Å². The number of benzene rings is 2. The summed E-state index contributed by atoms with van der Waals surface area (Å²) in [7, 11) is 1.71. The van der Waals surface area contributed by atoms with E-state index in [0.717, 1.165) is 51.9 Å². The van der Waals surface area contributed by atoms with Crippen molar-refractivity contribution in [2.45, 2.75) is 33.2 Å². The third kappa shape index (κ3) is 7.13. The summed E-state index contributed by atoms with van der Waals surface area (Å²) in [6.45, 7) is 9.53. The lowest BCUT2D eigenvalue weighted by Gasteiger charge is -2.27. The highest BCUT2D eigenvalue weighted by Gasteiger charge is 2.12. The van der Waals surface area contributed by atoms with Gasteiger partial charge < -0.3 is 20.1 Å². The monoisotopic (exact) mass is 410 g/mol. The zero-order valence-electron chi connectivity index (χ0n) is 18.2. The molecular formula is C24H34N4O2. The standard InChI is InChI=1S/C24H34N4O2/c1-3-25-24(26-16-20-8-10-21(11-9-20)19-29-2)27-17-22-6-4-5-7-23(22)18-28-12-14-30-15-13-28/h4-11H,3,12-19H2,1-2H3,(H2,25,26,27). The van der Waals surface area contributed by atoms with E-state index in [0.29, 0.717) is 13.2 Å². The number of morpholine rings is 1. The Morgan fingerprint density at radius 3 is 2.40 bits per heavy atom. The molecule has 1 aliphatic heterocycles. The van der Waals surface area contributed by atoms with Crippen molar-refractivity contribution in [1.29, 1.82) is 0 Å². The predicted octanol–water partition coefficient (Wildman–Crippen LogP) is 2.92. The van der Waals surface area contributed by atoms with Gasteiger partial charge in [0.25, 0.3) is 0 Å². The highest BCUT2D eigenvalue weighted by molar-refractivity contribution is 5.79. The Kier molecular flexibility index (Phi) is 9.15. The maximum absolute atomic E-state index is 5.47. The number of methoxy groups -OCH3 is 1. The summed E-state index contributed by atoms with van der Waals surface area (Å²) in [6.07, 6.45) is 0. The molecule has 0 bridgehead atoms. The third-order valence-corrected chi connectivity index (χ3v) is 5.16. The molecule has 1 fully saturated rings. The first-order chi connectivity index (χ1) is 14.8. The Morgan fingerprint density at radius 1 is 1.00 bits per heavy atom. The first-order valence-electron chi connectivity index (χ1n) is 10.7. The summed E-state index contributed by atoms with van der Waals surface area (Å²) >= 11 is 0. The number of nitrogens with one attached hydrogen (secondary N) is 2. The van der Waals surface area contributed by atoms with Crippen LogP contribution in [0.2, 0.25) is 0 Å². The van der Waals surface area contributed by atoms with E-state index < -0.39 is 0 Å². The molecule has 2 aromatic rings. The van der Waals surface area contributed by atoms with Gasteiger partial charge in [-0.05, 0) is 29.2 Å². The molecule has 6 nitrogen and oxygen atoms in total. The van der Waals surface area contributed by atoms with Gasteiger partial charge in [-0.3, -0.25) is 4.90 Å². The largest absolute Gasteiger partial charge is 0.380 e. The molecule has 0 unspecified atom stereocenters. The van der Waals surface area contributed by atoms with Crippen LogP contribution in [0.25, 0.3) is 0 Å². The number of aliphatic imine (C=N–C) groups is 1. The second kappa shape index (κ2) is 12.3. The van der Waals surface area contributed by atoms with Crippen molar-refractivity contribution < 1.29 is 9.47 Å². The van der Waals surface area contributed by atoms with Crippen LogP contribution < -0.4 is 10.6 Å². The molecule has 2 aromatic carbocycles. The fraction of sp³-hybridized carbons (Fsp3) is 0.458. The summed E-state index contributed by atoms with van der Waals surface area (Å²) in [5, 5.41) is 6.84. The molecule has 0 saturated carbocycles. The van der Waals surface area contributed by atoms with E-state index in [1.54, 1.807) is 7.11 Å². The van der Waals surface area contributed by atoms with Crippen LogP contribution in [0.15, 0.2) is 53.5 Å². The van der Waals surface area contributed by atoms with Crippen LogP contribution in [0.4, 0.5) is 0 Å². The number of hydrogen-bond acceptors (Lipinski definition) is 4. The van der Waals surface area contributed by atoms with Crippen molar-refractivity contribution in [3.63, 3.8) is 0 Å². The Balaban J connectivity index is 1.59. The lowest BCUT2D eigenvalue weighted by atomic mass is 10.1. The molecule has 0 atom stereocenters. The van der Waals surface area contributed by atoms with Crippen molar-refractivity contribution in [3.05, 3.63) is 70.8 Å². The van der Waals surface area contributed by atoms with Crippen LogP contribution in [0, 0.1) is 0 Å². The van der Waals surface area contributed by atoms with E-state index >= 15 is 0 Å². The van der Waals surface area contributed by atoms with Gasteiger partial charge in [0.2, 0.25) is 0 Å². The van der Waals surface area contributed by atoms with Gasteiger partial charge in [0.1, 0.15) is 0 Å². The van der Waals surface area contributed by atoms with E-state index in [4.69, 9.17) is 14.5 Å². The van der Waals surface area contributed by atoms with E-state index in [9.17, 15) is 0 Å². The Morgan fingerprint density at radius 2 is 1.70 bits per heavy atom. The second-order valence-electron chi connectivity index (χ2n) is 7.46. The molecule has 162 valence electrons. The van der Waals surface area contributed by atoms with Gasteiger partial charge in [0.15, 0.2) is 5.96 Å². The highest BCUT2D eigenvalue weighted by Crippen LogP contribution is 2.13. The molecule has 0 radical (unpaired) electrons. The number of hydrogen-bond donors (Lipinski definition) is 2. The summed E-state index contributed by atoms with van der Waals surface area (Å²) in [5.41, 5.74) is 5.02. The normalized spacial score (nSPS) is 15.2. The minimum atomic E-state index is 0.637. The first-order valence-corrected chi connectivity index (χ1v) is 10.7. The Labute approximate surface area is 180 Å². The average Bonchev–Trinajstić information content (AvgIpc) is 2.78. The van der Waals surface area contributed by atoms with Gasteiger partial charge in [0, 0.05) is 39.8 Å². The maximum Gasteiger partial charge on any atom is 0.191 e. The van der Waals surface area contributed by atoms with Crippen molar-refractivity contribution >= 4 is 5.96 Å². The van der Waals surface area contributed by atoms with Gasteiger partial charge in [-0.1, -0.05) is 48.5 Å².